The van der Waals surface area contributed by atoms with E-state index in [-0.39, 0.29) is 11.6 Å². The molecule has 0 aliphatic carbocycles. The van der Waals surface area contributed by atoms with E-state index >= 15 is 0 Å². The molecule has 20 heavy (non-hydrogen) atoms. The summed E-state index contributed by atoms with van der Waals surface area (Å²) in [4.78, 5) is 23.0. The van der Waals surface area contributed by atoms with Crippen LogP contribution in [-0.2, 0) is 0 Å². The van der Waals surface area contributed by atoms with Gasteiger partial charge in [-0.15, -0.1) is 0 Å². The molecule has 2 rings (SSSR count). The lowest BCUT2D eigenvalue weighted by molar-refractivity contribution is 0.101. The lowest BCUT2D eigenvalue weighted by Crippen LogP contribution is -2.19. The van der Waals surface area contributed by atoms with Gasteiger partial charge in [0.05, 0.1) is 0 Å². The van der Waals surface area contributed by atoms with Crippen LogP contribution in [-0.4, -0.2) is 11.8 Å². The molecule has 0 fully saturated rings. The summed E-state index contributed by atoms with van der Waals surface area (Å²) in [6.45, 7) is 1.46. The highest BCUT2D eigenvalue weighted by Crippen LogP contribution is 2.13. The van der Waals surface area contributed by atoms with Crippen LogP contribution in [0.15, 0.2) is 48.5 Å². The first kappa shape index (κ1) is 13.7. The van der Waals surface area contributed by atoms with Crippen LogP contribution in [0.2, 0.25) is 0 Å². The first-order chi connectivity index (χ1) is 9.54. The minimum Gasteiger partial charge on any atom is -0.308 e. The Morgan fingerprint density at radius 2 is 1.60 bits per heavy atom. The summed E-state index contributed by atoms with van der Waals surface area (Å²) in [6, 6.07) is 11.6. The van der Waals surface area contributed by atoms with Crippen LogP contribution < -0.4 is 10.6 Å². The van der Waals surface area contributed by atoms with Crippen LogP contribution in [0.5, 0.6) is 0 Å². The number of hydrogen-bond donors (Lipinski definition) is 2. The molecule has 0 aliphatic rings. The number of benzene rings is 2. The first-order valence-electron chi connectivity index (χ1n) is 5.99. The molecular formula is C15H13FN2O2. The minimum atomic E-state index is -0.461. The van der Waals surface area contributed by atoms with Crippen LogP contribution in [0, 0.1) is 5.82 Å². The van der Waals surface area contributed by atoms with Crippen molar-refractivity contribution in [1.29, 1.82) is 0 Å². The van der Waals surface area contributed by atoms with E-state index in [4.69, 9.17) is 0 Å². The maximum Gasteiger partial charge on any atom is 0.323 e. The zero-order valence-electron chi connectivity index (χ0n) is 10.8. The average Bonchev–Trinajstić information content (AvgIpc) is 2.41. The maximum absolute atomic E-state index is 12.7. The average molecular weight is 272 g/mol. The Labute approximate surface area is 115 Å². The third kappa shape index (κ3) is 3.65. The summed E-state index contributed by atoms with van der Waals surface area (Å²) in [5.41, 5.74) is 1.51. The van der Waals surface area contributed by atoms with Crippen molar-refractivity contribution in [2.24, 2.45) is 0 Å². The molecule has 2 aromatic carbocycles. The lowest BCUT2D eigenvalue weighted by Gasteiger charge is -2.08. The second-order valence-electron chi connectivity index (χ2n) is 4.22. The maximum atomic E-state index is 12.7. The first-order valence-corrected chi connectivity index (χ1v) is 5.99. The van der Waals surface area contributed by atoms with E-state index in [0.717, 1.165) is 0 Å². The summed E-state index contributed by atoms with van der Waals surface area (Å²) in [6.07, 6.45) is 0. The molecular weight excluding hydrogens is 259 g/mol. The van der Waals surface area contributed by atoms with Gasteiger partial charge in [0.1, 0.15) is 5.82 Å². The molecule has 0 bridgehead atoms. The van der Waals surface area contributed by atoms with E-state index < -0.39 is 6.03 Å². The van der Waals surface area contributed by atoms with E-state index in [1.807, 2.05) is 0 Å². The molecule has 0 radical (unpaired) electrons. The molecule has 0 unspecified atom stereocenters. The number of carbonyl (C=O) groups is 2. The fourth-order valence-electron chi connectivity index (χ4n) is 1.64. The molecule has 2 N–H and O–H groups in total. The summed E-state index contributed by atoms with van der Waals surface area (Å²) < 4.78 is 12.7. The number of Topliss-reactive ketones (excluding diaryl/α,β-unsaturated/α-hetero) is 1. The Kier molecular flexibility index (Phi) is 4.10. The SMILES string of the molecule is CC(=O)c1cccc(NC(=O)Nc2ccc(F)cc2)c1. The summed E-state index contributed by atoms with van der Waals surface area (Å²) in [5, 5.41) is 5.17. The van der Waals surface area contributed by atoms with Gasteiger partial charge in [0.15, 0.2) is 5.78 Å². The lowest BCUT2D eigenvalue weighted by atomic mass is 10.1. The number of hydrogen-bond acceptors (Lipinski definition) is 2. The van der Waals surface area contributed by atoms with Crippen LogP contribution in [0.25, 0.3) is 0 Å². The van der Waals surface area contributed by atoms with Gasteiger partial charge >= 0.3 is 6.03 Å². The van der Waals surface area contributed by atoms with E-state index in [2.05, 4.69) is 10.6 Å². The molecule has 102 valence electrons. The van der Waals surface area contributed by atoms with Crippen molar-refractivity contribution in [3.05, 3.63) is 59.9 Å². The Morgan fingerprint density at radius 3 is 2.25 bits per heavy atom. The summed E-state index contributed by atoms with van der Waals surface area (Å²) in [5.74, 6) is -0.447. The zero-order valence-corrected chi connectivity index (χ0v) is 10.8. The Hall–Kier alpha value is -2.69. The van der Waals surface area contributed by atoms with Crippen LogP contribution in [0.3, 0.4) is 0 Å². The van der Waals surface area contributed by atoms with Crippen LogP contribution >= 0.6 is 0 Å². The van der Waals surface area contributed by atoms with Crippen LogP contribution in [0.4, 0.5) is 20.6 Å². The van der Waals surface area contributed by atoms with Crippen molar-refractivity contribution >= 4 is 23.2 Å². The molecule has 5 heteroatoms. The molecule has 0 aromatic heterocycles. The van der Waals surface area contributed by atoms with Gasteiger partial charge < -0.3 is 10.6 Å². The Morgan fingerprint density at radius 1 is 0.950 bits per heavy atom. The van der Waals surface area contributed by atoms with Gasteiger partial charge in [0.25, 0.3) is 0 Å². The van der Waals surface area contributed by atoms with E-state index in [1.165, 1.54) is 31.2 Å². The Balaban J connectivity index is 2.02. The molecule has 2 amide bonds. The van der Waals surface area contributed by atoms with Gasteiger partial charge in [0.2, 0.25) is 0 Å². The smallest absolute Gasteiger partial charge is 0.308 e. The van der Waals surface area contributed by atoms with E-state index in [0.29, 0.717) is 16.9 Å². The highest BCUT2D eigenvalue weighted by atomic mass is 19.1. The third-order valence-corrected chi connectivity index (χ3v) is 2.63. The fourth-order valence-corrected chi connectivity index (χ4v) is 1.64. The van der Waals surface area contributed by atoms with Gasteiger partial charge in [0, 0.05) is 16.9 Å². The number of amides is 2. The number of carbonyl (C=O) groups excluding carboxylic acids is 2. The van der Waals surface area contributed by atoms with Gasteiger partial charge in [-0.05, 0) is 43.3 Å². The number of nitrogens with one attached hydrogen (secondary N) is 2. The second-order valence-corrected chi connectivity index (χ2v) is 4.22. The quantitative estimate of drug-likeness (QED) is 0.837. The number of rotatable bonds is 3. The molecule has 2 aromatic rings. The predicted octanol–water partition coefficient (Wildman–Crippen LogP) is 3.67. The van der Waals surface area contributed by atoms with Crippen molar-refractivity contribution in [3.8, 4) is 0 Å². The highest BCUT2D eigenvalue weighted by Gasteiger charge is 2.05. The van der Waals surface area contributed by atoms with Crippen molar-refractivity contribution in [2.45, 2.75) is 6.92 Å². The topological polar surface area (TPSA) is 58.2 Å². The van der Waals surface area contributed by atoms with Crippen molar-refractivity contribution in [1.82, 2.24) is 0 Å². The van der Waals surface area contributed by atoms with E-state index in [1.54, 1.807) is 24.3 Å². The zero-order chi connectivity index (χ0) is 14.5. The van der Waals surface area contributed by atoms with Crippen LogP contribution in [0.1, 0.15) is 17.3 Å². The Bertz CT molecular complexity index is 639. The molecule has 0 heterocycles. The molecule has 0 spiro atoms. The molecule has 0 saturated heterocycles. The number of halogens is 1. The van der Waals surface area contributed by atoms with Gasteiger partial charge in [-0.3, -0.25) is 4.79 Å². The monoisotopic (exact) mass is 272 g/mol. The standard InChI is InChI=1S/C15H13FN2O2/c1-10(19)11-3-2-4-14(9-11)18-15(20)17-13-7-5-12(16)6-8-13/h2-9H,1H3,(H2,17,18,20). The van der Waals surface area contributed by atoms with Gasteiger partial charge in [-0.2, -0.15) is 0 Å². The third-order valence-electron chi connectivity index (χ3n) is 2.63. The second kappa shape index (κ2) is 5.97. The highest BCUT2D eigenvalue weighted by molar-refractivity contribution is 6.01. The number of anilines is 2. The van der Waals surface area contributed by atoms with Crippen molar-refractivity contribution in [2.75, 3.05) is 10.6 Å². The fraction of sp³-hybridized carbons (Fsp3) is 0.0667. The van der Waals surface area contributed by atoms with E-state index in [9.17, 15) is 14.0 Å². The summed E-state index contributed by atoms with van der Waals surface area (Å²) in [7, 11) is 0. The molecule has 4 nitrogen and oxygen atoms in total. The van der Waals surface area contributed by atoms with Gasteiger partial charge in [-0.1, -0.05) is 12.1 Å². The largest absolute Gasteiger partial charge is 0.323 e. The van der Waals surface area contributed by atoms with Gasteiger partial charge in [-0.25, -0.2) is 9.18 Å². The predicted molar refractivity (Wildman–Crippen MR) is 75.5 cm³/mol. The molecule has 0 atom stereocenters. The normalized spacial score (nSPS) is 9.90. The van der Waals surface area contributed by atoms with Crippen molar-refractivity contribution in [3.63, 3.8) is 0 Å². The number of ketones is 1. The van der Waals surface area contributed by atoms with Crippen molar-refractivity contribution < 1.29 is 14.0 Å². The molecule has 0 aliphatic heterocycles. The minimum absolute atomic E-state index is 0.0763. The molecule has 0 saturated carbocycles. The summed E-state index contributed by atoms with van der Waals surface area (Å²) >= 11 is 0. The number of urea groups is 1.